The Morgan fingerprint density at radius 2 is 2.22 bits per heavy atom. The average molecular weight is 294 g/mol. The second-order valence-corrected chi connectivity index (χ2v) is 7.18. The van der Waals surface area contributed by atoms with E-state index in [0.717, 1.165) is 31.2 Å². The summed E-state index contributed by atoms with van der Waals surface area (Å²) in [6, 6.07) is 0. The quantitative estimate of drug-likeness (QED) is 0.425. The molecular formula is C10H18N2O4S2. The van der Waals surface area contributed by atoms with Gasteiger partial charge in [-0.25, -0.2) is 8.42 Å². The van der Waals surface area contributed by atoms with Gasteiger partial charge in [-0.1, -0.05) is 19.8 Å². The monoisotopic (exact) mass is 294 g/mol. The molecule has 8 heteroatoms. The maximum absolute atomic E-state index is 12.1. The minimum atomic E-state index is -3.41. The van der Waals surface area contributed by atoms with Crippen LogP contribution in [0.15, 0.2) is 11.2 Å². The van der Waals surface area contributed by atoms with E-state index in [1.807, 2.05) is 6.92 Å². The Morgan fingerprint density at radius 1 is 1.50 bits per heavy atom. The molecule has 0 amide bonds. The van der Waals surface area contributed by atoms with Crippen molar-refractivity contribution < 1.29 is 13.3 Å². The van der Waals surface area contributed by atoms with E-state index in [1.54, 1.807) is 0 Å². The van der Waals surface area contributed by atoms with E-state index in [4.69, 9.17) is 0 Å². The van der Waals surface area contributed by atoms with E-state index in [9.17, 15) is 18.5 Å². The molecule has 0 saturated carbocycles. The zero-order valence-corrected chi connectivity index (χ0v) is 12.0. The van der Waals surface area contributed by atoms with Crippen LogP contribution in [0.3, 0.4) is 0 Å². The topological polar surface area (TPSA) is 80.5 Å². The molecule has 0 aromatic heterocycles. The number of rotatable bonds is 6. The van der Waals surface area contributed by atoms with E-state index in [1.165, 1.54) is 16.1 Å². The van der Waals surface area contributed by atoms with Crippen molar-refractivity contribution in [1.29, 1.82) is 0 Å². The number of nitro groups is 1. The summed E-state index contributed by atoms with van der Waals surface area (Å²) >= 11 is 1.23. The highest BCUT2D eigenvalue weighted by atomic mass is 32.2. The van der Waals surface area contributed by atoms with Crippen LogP contribution in [-0.2, 0) is 10.0 Å². The largest absolute Gasteiger partial charge is 0.265 e. The molecule has 1 fully saturated rings. The standard InChI is InChI=1S/C10H18N2O4S2/c1-2-3-4-8-18(15,16)11-6-5-7-17-10(11)9-12(13)14/h9H,2-8H2,1H3/b10-9-. The third-order valence-electron chi connectivity index (χ3n) is 2.56. The molecule has 0 radical (unpaired) electrons. The molecule has 0 bridgehead atoms. The Balaban J connectivity index is 2.79. The highest BCUT2D eigenvalue weighted by Crippen LogP contribution is 2.29. The van der Waals surface area contributed by atoms with Gasteiger partial charge in [0.05, 0.1) is 10.7 Å². The van der Waals surface area contributed by atoms with Crippen molar-refractivity contribution in [3.63, 3.8) is 0 Å². The first-order valence-electron chi connectivity index (χ1n) is 5.96. The average Bonchev–Trinajstić information content (AvgIpc) is 2.29. The van der Waals surface area contributed by atoms with Gasteiger partial charge in [-0.2, -0.15) is 0 Å². The van der Waals surface area contributed by atoms with Crippen LogP contribution in [0, 0.1) is 10.1 Å². The molecule has 0 unspecified atom stereocenters. The second-order valence-electron chi connectivity index (χ2n) is 4.05. The molecule has 0 aromatic rings. The summed E-state index contributed by atoms with van der Waals surface area (Å²) in [6.07, 6.45) is 3.93. The number of hydrogen-bond acceptors (Lipinski definition) is 5. The van der Waals surface area contributed by atoms with E-state index < -0.39 is 14.9 Å². The van der Waals surface area contributed by atoms with Gasteiger partial charge in [-0.05, 0) is 12.8 Å². The van der Waals surface area contributed by atoms with Crippen LogP contribution < -0.4 is 0 Å². The van der Waals surface area contributed by atoms with Gasteiger partial charge in [0.15, 0.2) is 5.03 Å². The molecule has 0 atom stereocenters. The van der Waals surface area contributed by atoms with E-state index in [0.29, 0.717) is 13.0 Å². The van der Waals surface area contributed by atoms with E-state index >= 15 is 0 Å². The molecule has 1 heterocycles. The molecule has 1 saturated heterocycles. The van der Waals surface area contributed by atoms with Crippen LogP contribution in [0.5, 0.6) is 0 Å². The maximum atomic E-state index is 12.1. The summed E-state index contributed by atoms with van der Waals surface area (Å²) in [4.78, 5) is 9.90. The van der Waals surface area contributed by atoms with Crippen LogP contribution in [0.25, 0.3) is 0 Å². The van der Waals surface area contributed by atoms with Crippen molar-refractivity contribution >= 4 is 21.8 Å². The first-order valence-corrected chi connectivity index (χ1v) is 8.55. The van der Waals surface area contributed by atoms with Crippen LogP contribution in [0.2, 0.25) is 0 Å². The van der Waals surface area contributed by atoms with Gasteiger partial charge in [0.2, 0.25) is 10.0 Å². The lowest BCUT2D eigenvalue weighted by atomic mass is 10.3. The Morgan fingerprint density at radius 3 is 2.83 bits per heavy atom. The molecular weight excluding hydrogens is 276 g/mol. The molecule has 0 spiro atoms. The Hall–Kier alpha value is -0.760. The molecule has 1 rings (SSSR count). The van der Waals surface area contributed by atoms with Gasteiger partial charge in [0.1, 0.15) is 0 Å². The minimum absolute atomic E-state index is 0.0659. The number of sulfonamides is 1. The van der Waals surface area contributed by atoms with Crippen molar-refractivity contribution in [1.82, 2.24) is 4.31 Å². The zero-order valence-electron chi connectivity index (χ0n) is 10.4. The maximum Gasteiger partial charge on any atom is 0.265 e. The number of hydrogen-bond donors (Lipinski definition) is 0. The molecule has 1 aliphatic rings. The summed E-state index contributed by atoms with van der Waals surface area (Å²) in [5.41, 5.74) is 0. The number of thioether (sulfide) groups is 1. The van der Waals surface area contributed by atoms with Crippen molar-refractivity contribution in [2.24, 2.45) is 0 Å². The number of unbranched alkanes of at least 4 members (excludes halogenated alkanes) is 2. The fourth-order valence-electron chi connectivity index (χ4n) is 1.68. The first kappa shape index (κ1) is 15.3. The number of nitrogens with zero attached hydrogens (tertiary/aromatic N) is 2. The van der Waals surface area contributed by atoms with Gasteiger partial charge in [0, 0.05) is 12.3 Å². The van der Waals surface area contributed by atoms with Gasteiger partial charge >= 0.3 is 0 Å². The fraction of sp³-hybridized carbons (Fsp3) is 0.800. The van der Waals surface area contributed by atoms with E-state index in [-0.39, 0.29) is 10.8 Å². The lowest BCUT2D eigenvalue weighted by Gasteiger charge is -2.28. The second kappa shape index (κ2) is 6.98. The van der Waals surface area contributed by atoms with Gasteiger partial charge in [0.25, 0.3) is 6.20 Å². The van der Waals surface area contributed by atoms with Crippen molar-refractivity contribution in [2.75, 3.05) is 18.1 Å². The Bertz CT molecular complexity index is 420. The van der Waals surface area contributed by atoms with Crippen LogP contribution in [0.4, 0.5) is 0 Å². The third kappa shape index (κ3) is 4.49. The molecule has 0 aromatic carbocycles. The molecule has 104 valence electrons. The van der Waals surface area contributed by atoms with E-state index in [2.05, 4.69) is 0 Å². The molecule has 0 N–H and O–H groups in total. The van der Waals surface area contributed by atoms with Gasteiger partial charge < -0.3 is 0 Å². The molecule has 6 nitrogen and oxygen atoms in total. The van der Waals surface area contributed by atoms with Crippen LogP contribution in [0.1, 0.15) is 32.6 Å². The summed E-state index contributed by atoms with van der Waals surface area (Å²) in [6.45, 7) is 2.35. The highest BCUT2D eigenvalue weighted by molar-refractivity contribution is 8.04. The van der Waals surface area contributed by atoms with Gasteiger partial charge in [-0.3, -0.25) is 14.4 Å². The van der Waals surface area contributed by atoms with Crippen molar-refractivity contribution in [3.05, 3.63) is 21.3 Å². The summed E-state index contributed by atoms with van der Waals surface area (Å²) in [5.74, 6) is 0.789. The van der Waals surface area contributed by atoms with Crippen LogP contribution in [-0.4, -0.2) is 35.7 Å². The minimum Gasteiger partial charge on any atom is -0.259 e. The zero-order chi connectivity index (χ0) is 13.6. The predicted molar refractivity (Wildman–Crippen MR) is 72.2 cm³/mol. The predicted octanol–water partition coefficient (Wildman–Crippen LogP) is 2.02. The Kier molecular flexibility index (Phi) is 5.94. The van der Waals surface area contributed by atoms with Crippen LogP contribution >= 0.6 is 11.8 Å². The normalized spacial score (nSPS) is 19.2. The molecule has 1 aliphatic heterocycles. The lowest BCUT2D eigenvalue weighted by Crippen LogP contribution is -2.35. The lowest BCUT2D eigenvalue weighted by molar-refractivity contribution is -0.403. The summed E-state index contributed by atoms with van der Waals surface area (Å²) in [7, 11) is -3.41. The molecule has 0 aliphatic carbocycles. The summed E-state index contributed by atoms with van der Waals surface area (Å²) < 4.78 is 25.4. The third-order valence-corrected chi connectivity index (χ3v) is 5.64. The first-order chi connectivity index (χ1) is 8.47. The van der Waals surface area contributed by atoms with Gasteiger partial charge in [-0.15, -0.1) is 11.8 Å². The highest BCUT2D eigenvalue weighted by Gasteiger charge is 2.28. The molecule has 18 heavy (non-hydrogen) atoms. The fourth-order valence-corrected chi connectivity index (χ4v) is 4.57. The van der Waals surface area contributed by atoms with Crippen molar-refractivity contribution in [3.8, 4) is 0 Å². The SMILES string of the molecule is CCCCCS(=O)(=O)N1CCCS/C1=C\[N+](=O)[O-]. The summed E-state index contributed by atoms with van der Waals surface area (Å²) in [5, 5.41) is 10.7. The Labute approximate surface area is 112 Å². The van der Waals surface area contributed by atoms with Crippen molar-refractivity contribution in [2.45, 2.75) is 32.6 Å². The smallest absolute Gasteiger partial charge is 0.259 e.